The molecule has 2 heterocycles. The second kappa shape index (κ2) is 6.08. The summed E-state index contributed by atoms with van der Waals surface area (Å²) in [7, 11) is 0. The van der Waals surface area contributed by atoms with Crippen LogP contribution in [0.5, 0.6) is 0 Å². The summed E-state index contributed by atoms with van der Waals surface area (Å²) < 4.78 is 5.16. The van der Waals surface area contributed by atoms with Crippen molar-refractivity contribution >= 4 is 85.1 Å². The molecule has 0 bridgehead atoms. The normalized spacial score (nSPS) is 12.0. The van der Waals surface area contributed by atoms with Gasteiger partial charge < -0.3 is 9.97 Å². The monoisotopic (exact) mass is 420 g/mol. The third-order valence-electron chi connectivity index (χ3n) is 5.80. The number of aromatic amines is 2. The van der Waals surface area contributed by atoms with Crippen molar-refractivity contribution in [2.45, 2.75) is 0 Å². The van der Waals surface area contributed by atoms with Crippen LogP contribution in [0.2, 0.25) is 0 Å². The number of nitrogens with one attached hydrogen (secondary N) is 2. The lowest BCUT2D eigenvalue weighted by Gasteiger charge is -2.09. The highest BCUT2D eigenvalue weighted by Gasteiger charge is 2.08. The Hall–Kier alpha value is -3.34. The number of hydrogen-bond donors (Lipinski definition) is 2. The number of rotatable bonds is 0. The average molecular weight is 421 g/mol. The molecular formula is C26H16N2S2. The third-order valence-corrected chi connectivity index (χ3v) is 8.21. The zero-order valence-corrected chi connectivity index (χ0v) is 17.5. The minimum atomic E-state index is 1.17. The van der Waals surface area contributed by atoms with Crippen LogP contribution in [0.15, 0.2) is 84.9 Å². The molecule has 0 spiro atoms. The number of aromatic nitrogens is 2. The van der Waals surface area contributed by atoms with Gasteiger partial charge in [0.15, 0.2) is 0 Å². The molecule has 2 aromatic heterocycles. The van der Waals surface area contributed by atoms with Crippen LogP contribution in [0.4, 0.5) is 0 Å². The summed E-state index contributed by atoms with van der Waals surface area (Å²) in [6.45, 7) is 0. The molecule has 7 rings (SSSR count). The summed E-state index contributed by atoms with van der Waals surface area (Å²) >= 11 is 3.73. The summed E-state index contributed by atoms with van der Waals surface area (Å²) in [5, 5.41) is 5.17. The number of fused-ring (bicyclic) bond motifs is 8. The van der Waals surface area contributed by atoms with Gasteiger partial charge in [0.2, 0.25) is 0 Å². The molecule has 0 aliphatic carbocycles. The molecule has 30 heavy (non-hydrogen) atoms. The quantitative estimate of drug-likeness (QED) is 0.182. The molecule has 0 aliphatic heterocycles. The molecular weight excluding hydrogens is 404 g/mol. The Balaban J connectivity index is 1.60. The average Bonchev–Trinajstić information content (AvgIpc) is 2.80. The minimum absolute atomic E-state index is 1.17. The largest absolute Gasteiger partial charge is 0.353 e. The van der Waals surface area contributed by atoms with Gasteiger partial charge >= 0.3 is 0 Å². The van der Waals surface area contributed by atoms with E-state index >= 15 is 0 Å². The Labute approximate surface area is 179 Å². The van der Waals surface area contributed by atoms with Gasteiger partial charge in [-0.15, -0.1) is 22.7 Å². The first-order valence-corrected chi connectivity index (χ1v) is 11.6. The number of H-pyrrole nitrogens is 2. The van der Waals surface area contributed by atoms with Crippen LogP contribution in [0.25, 0.3) is 62.4 Å². The predicted molar refractivity (Wildman–Crippen MR) is 134 cm³/mol. The van der Waals surface area contributed by atoms with E-state index in [0.717, 1.165) is 0 Å². The van der Waals surface area contributed by atoms with Crippen molar-refractivity contribution in [2.75, 3.05) is 0 Å². The van der Waals surface area contributed by atoms with Crippen LogP contribution in [0.1, 0.15) is 0 Å². The predicted octanol–water partition coefficient (Wildman–Crippen LogP) is 8.51. The molecule has 0 aliphatic rings. The molecule has 0 radical (unpaired) electrons. The van der Waals surface area contributed by atoms with E-state index in [4.69, 9.17) is 0 Å². The van der Waals surface area contributed by atoms with E-state index in [1.54, 1.807) is 0 Å². The van der Waals surface area contributed by atoms with Gasteiger partial charge in [0.25, 0.3) is 0 Å². The highest BCUT2D eigenvalue weighted by Crippen LogP contribution is 2.37. The third kappa shape index (κ3) is 2.35. The molecule has 0 unspecified atom stereocenters. The Kier molecular flexibility index (Phi) is 3.34. The molecule has 2 N–H and O–H groups in total. The van der Waals surface area contributed by atoms with E-state index in [9.17, 15) is 0 Å². The van der Waals surface area contributed by atoms with Crippen molar-refractivity contribution in [1.29, 1.82) is 0 Å². The fourth-order valence-electron chi connectivity index (χ4n) is 4.34. The van der Waals surface area contributed by atoms with Crippen molar-refractivity contribution < 1.29 is 0 Å². The fraction of sp³-hybridized carbons (Fsp3) is 0. The van der Waals surface area contributed by atoms with Crippen LogP contribution in [0, 0.1) is 0 Å². The van der Waals surface area contributed by atoms with E-state index in [1.807, 2.05) is 22.7 Å². The summed E-state index contributed by atoms with van der Waals surface area (Å²) in [6, 6.07) is 30.6. The first-order chi connectivity index (χ1) is 14.8. The van der Waals surface area contributed by atoms with Crippen molar-refractivity contribution in [3.05, 3.63) is 84.9 Å². The smallest absolute Gasteiger partial charge is 0.0590 e. The first kappa shape index (κ1) is 16.5. The molecule has 7 aromatic rings. The maximum absolute atomic E-state index is 3.67. The summed E-state index contributed by atoms with van der Waals surface area (Å²) in [4.78, 5) is 7.33. The number of benzene rings is 5. The molecule has 2 nitrogen and oxygen atoms in total. The van der Waals surface area contributed by atoms with Gasteiger partial charge in [-0.3, -0.25) is 0 Å². The lowest BCUT2D eigenvalue weighted by atomic mass is 10.1. The summed E-state index contributed by atoms with van der Waals surface area (Å²) in [5.74, 6) is 0. The van der Waals surface area contributed by atoms with Crippen molar-refractivity contribution in [1.82, 2.24) is 9.97 Å². The zero-order valence-electron chi connectivity index (χ0n) is 15.9. The van der Waals surface area contributed by atoms with Gasteiger partial charge in [-0.1, -0.05) is 60.7 Å². The topological polar surface area (TPSA) is 31.6 Å². The first-order valence-electron chi connectivity index (χ1n) is 9.95. The molecule has 5 aromatic carbocycles. The second-order valence-electron chi connectivity index (χ2n) is 7.63. The van der Waals surface area contributed by atoms with Gasteiger partial charge in [-0.05, 0) is 35.0 Å². The van der Waals surface area contributed by atoms with E-state index in [-0.39, 0.29) is 0 Å². The summed E-state index contributed by atoms with van der Waals surface area (Å²) in [6.07, 6.45) is 0. The van der Waals surface area contributed by atoms with Gasteiger partial charge in [-0.25, -0.2) is 0 Å². The van der Waals surface area contributed by atoms with E-state index in [2.05, 4.69) is 94.9 Å². The number of hydrogen-bond acceptors (Lipinski definition) is 2. The van der Waals surface area contributed by atoms with E-state index in [1.165, 1.54) is 62.4 Å². The second-order valence-corrected chi connectivity index (χ2v) is 9.73. The summed E-state index contributed by atoms with van der Waals surface area (Å²) in [5.41, 5.74) is 4.69. The zero-order chi connectivity index (χ0) is 19.7. The maximum atomic E-state index is 3.67. The Morgan fingerprint density at radius 3 is 1.50 bits per heavy atom. The van der Waals surface area contributed by atoms with Crippen molar-refractivity contribution in [3.63, 3.8) is 0 Å². The minimum Gasteiger partial charge on any atom is -0.353 e. The van der Waals surface area contributed by atoms with Crippen molar-refractivity contribution in [2.24, 2.45) is 0 Å². The maximum Gasteiger partial charge on any atom is 0.0590 e. The van der Waals surface area contributed by atoms with Crippen LogP contribution in [-0.4, -0.2) is 9.97 Å². The Morgan fingerprint density at radius 2 is 0.967 bits per heavy atom. The fourth-order valence-corrected chi connectivity index (χ4v) is 6.70. The lowest BCUT2D eigenvalue weighted by molar-refractivity contribution is 1.50. The molecule has 0 atom stereocenters. The van der Waals surface area contributed by atoms with Gasteiger partial charge in [-0.2, -0.15) is 0 Å². The van der Waals surface area contributed by atoms with Crippen LogP contribution < -0.4 is 0 Å². The van der Waals surface area contributed by atoms with E-state index in [0.29, 0.717) is 0 Å². The molecule has 0 fully saturated rings. The molecule has 0 saturated heterocycles. The van der Waals surface area contributed by atoms with Crippen molar-refractivity contribution in [3.8, 4) is 0 Å². The lowest BCUT2D eigenvalue weighted by Crippen LogP contribution is -1.85. The van der Waals surface area contributed by atoms with Gasteiger partial charge in [0, 0.05) is 10.8 Å². The van der Waals surface area contributed by atoms with Crippen LogP contribution >= 0.6 is 22.7 Å². The van der Waals surface area contributed by atoms with Gasteiger partial charge in [0.05, 0.1) is 40.9 Å². The van der Waals surface area contributed by atoms with Crippen LogP contribution in [0.3, 0.4) is 0 Å². The molecule has 0 saturated carbocycles. The molecule has 142 valence electrons. The van der Waals surface area contributed by atoms with Crippen LogP contribution in [-0.2, 0) is 0 Å². The highest BCUT2D eigenvalue weighted by atomic mass is 32.1. The SMILES string of the molecule is c1ccc2c(c1)ccc1[nH]c3cc4[nH]c5ccc6ccccc6c5sc4cc3sc12. The molecule has 0 amide bonds. The highest BCUT2D eigenvalue weighted by molar-refractivity contribution is 7.27. The van der Waals surface area contributed by atoms with E-state index < -0.39 is 0 Å². The molecule has 4 heteroatoms. The Bertz CT molecular complexity index is 1680. The standard InChI is InChI=1S/C26H16N2S2/c1-3-7-17-15(5-1)9-11-19-25(17)29-23-14-24-22(13-21(23)27-19)28-20-12-10-16-6-2-4-8-18(16)26(20)30-24/h1-14,27-28H. The van der Waals surface area contributed by atoms with Gasteiger partial charge in [0.1, 0.15) is 0 Å². The Morgan fingerprint density at radius 1 is 0.467 bits per heavy atom.